The van der Waals surface area contributed by atoms with Gasteiger partial charge in [0.1, 0.15) is 0 Å². The van der Waals surface area contributed by atoms with E-state index in [2.05, 4.69) is 5.09 Å². The molecular weight excluding hydrogens is 277 g/mol. The first-order chi connectivity index (χ1) is 9.70. The van der Waals surface area contributed by atoms with Crippen LogP contribution in [0.15, 0.2) is 54.6 Å². The van der Waals surface area contributed by atoms with Gasteiger partial charge in [0.15, 0.2) is 0 Å². The zero-order valence-corrected chi connectivity index (χ0v) is 11.4. The molecule has 2 heterocycles. The fourth-order valence-electron chi connectivity index (χ4n) is 2.46. The molecule has 1 saturated heterocycles. The van der Waals surface area contributed by atoms with Crippen molar-refractivity contribution in [2.75, 3.05) is 6.54 Å². The van der Waals surface area contributed by atoms with E-state index in [1.165, 1.54) is 0 Å². The third kappa shape index (κ3) is 1.42. The average molecular weight is 289 g/mol. The van der Waals surface area contributed by atoms with E-state index in [4.69, 9.17) is 13.6 Å². The van der Waals surface area contributed by atoms with E-state index >= 15 is 0 Å². The van der Waals surface area contributed by atoms with E-state index in [0.29, 0.717) is 16.8 Å². The molecule has 5 nitrogen and oxygen atoms in total. The van der Waals surface area contributed by atoms with Gasteiger partial charge in [-0.15, -0.1) is 0 Å². The number of carbonyl (C=O) groups excluding carboxylic acids is 1. The first-order valence-electron chi connectivity index (χ1n) is 6.26. The molecule has 2 aliphatic heterocycles. The summed E-state index contributed by atoms with van der Waals surface area (Å²) in [5.74, 6) is 0.784. The first-order valence-corrected chi connectivity index (χ1v) is 8.25. The Morgan fingerprint density at radius 3 is 2.00 bits per heavy atom. The maximum absolute atomic E-state index is 11.7. The SMILES string of the molecule is O=C1CNP2(c3ccccc3)(O1)Oc1ccccc1O2. The van der Waals surface area contributed by atoms with Crippen LogP contribution in [0, 0.1) is 0 Å². The molecule has 2 aromatic rings. The molecule has 0 radical (unpaired) electrons. The predicted molar refractivity (Wildman–Crippen MR) is 74.8 cm³/mol. The van der Waals surface area contributed by atoms with Gasteiger partial charge in [-0.3, -0.25) is 0 Å². The number of rotatable bonds is 1. The van der Waals surface area contributed by atoms with Gasteiger partial charge in [-0.1, -0.05) is 0 Å². The number of hydrogen-bond acceptors (Lipinski definition) is 5. The van der Waals surface area contributed by atoms with E-state index < -0.39 is 7.43 Å². The Morgan fingerprint density at radius 2 is 1.45 bits per heavy atom. The molecule has 0 atom stereocenters. The number of fused-ring (bicyclic) bond motifs is 1. The summed E-state index contributed by atoms with van der Waals surface area (Å²) in [4.78, 5) is 11.7. The molecule has 2 aliphatic rings. The fourth-order valence-corrected chi connectivity index (χ4v) is 5.81. The molecular formula is C14H12NO4P. The van der Waals surface area contributed by atoms with Crippen LogP contribution in [0.2, 0.25) is 0 Å². The van der Waals surface area contributed by atoms with Crippen LogP contribution in [0.1, 0.15) is 0 Å². The molecule has 2 aromatic carbocycles. The van der Waals surface area contributed by atoms with Gasteiger partial charge in [0.2, 0.25) is 0 Å². The van der Waals surface area contributed by atoms with Crippen LogP contribution in [-0.4, -0.2) is 12.5 Å². The van der Waals surface area contributed by atoms with Gasteiger partial charge in [-0.25, -0.2) is 0 Å². The van der Waals surface area contributed by atoms with Crippen LogP contribution in [0.4, 0.5) is 0 Å². The molecule has 1 spiro atoms. The summed E-state index contributed by atoms with van der Waals surface area (Å²) in [5.41, 5.74) is 0. The first kappa shape index (κ1) is 11.7. The monoisotopic (exact) mass is 289 g/mol. The van der Waals surface area contributed by atoms with Gasteiger partial charge in [0.05, 0.1) is 0 Å². The summed E-state index contributed by atoms with van der Waals surface area (Å²) in [5, 5.41) is 3.78. The van der Waals surface area contributed by atoms with Gasteiger partial charge in [-0.05, 0) is 0 Å². The molecule has 0 saturated carbocycles. The summed E-state index contributed by atoms with van der Waals surface area (Å²) in [7, 11) is -3.85. The summed E-state index contributed by atoms with van der Waals surface area (Å²) in [6, 6.07) is 16.6. The van der Waals surface area contributed by atoms with Crippen molar-refractivity contribution in [1.29, 1.82) is 0 Å². The summed E-state index contributed by atoms with van der Waals surface area (Å²) in [6.07, 6.45) is 0. The molecule has 0 unspecified atom stereocenters. The third-order valence-corrected chi connectivity index (χ3v) is 6.83. The van der Waals surface area contributed by atoms with Crippen LogP contribution < -0.4 is 19.4 Å². The Morgan fingerprint density at radius 1 is 0.850 bits per heavy atom. The number of para-hydroxylation sites is 2. The predicted octanol–water partition coefficient (Wildman–Crippen LogP) is 2.14. The Labute approximate surface area is 115 Å². The van der Waals surface area contributed by atoms with Crippen molar-refractivity contribution in [3.63, 3.8) is 0 Å². The quantitative estimate of drug-likeness (QED) is 0.815. The van der Waals surface area contributed by atoms with E-state index in [0.717, 1.165) is 0 Å². The molecule has 0 aromatic heterocycles. The van der Waals surface area contributed by atoms with Crippen molar-refractivity contribution >= 4 is 18.7 Å². The topological polar surface area (TPSA) is 56.8 Å². The van der Waals surface area contributed by atoms with Crippen molar-refractivity contribution in [3.8, 4) is 11.5 Å². The summed E-state index contributed by atoms with van der Waals surface area (Å²) in [6.45, 7) is 0.0701. The number of nitrogens with one attached hydrogen (secondary N) is 1. The molecule has 20 heavy (non-hydrogen) atoms. The Hall–Kier alpha value is -2.10. The maximum atomic E-state index is 11.7. The van der Waals surface area contributed by atoms with Crippen molar-refractivity contribution < 1.29 is 18.4 Å². The van der Waals surface area contributed by atoms with Crippen molar-refractivity contribution in [3.05, 3.63) is 54.6 Å². The number of benzene rings is 2. The fraction of sp³-hybridized carbons (Fsp3) is 0.0714. The second-order valence-electron chi connectivity index (χ2n) is 4.65. The second-order valence-corrected chi connectivity index (χ2v) is 7.79. The molecule has 1 N–H and O–H groups in total. The molecule has 102 valence electrons. The zero-order chi connectivity index (χ0) is 13.7. The van der Waals surface area contributed by atoms with Crippen LogP contribution in [0.5, 0.6) is 11.5 Å². The Bertz CT molecular complexity index is 678. The second kappa shape index (κ2) is 3.72. The van der Waals surface area contributed by atoms with Crippen LogP contribution >= 0.6 is 7.43 Å². The van der Waals surface area contributed by atoms with Crippen LogP contribution in [-0.2, 0) is 9.32 Å². The van der Waals surface area contributed by atoms with Gasteiger partial charge in [0, 0.05) is 0 Å². The van der Waals surface area contributed by atoms with E-state index in [9.17, 15) is 4.79 Å². The summed E-state index contributed by atoms with van der Waals surface area (Å²) < 4.78 is 17.7. The molecule has 0 amide bonds. The molecule has 0 aliphatic carbocycles. The van der Waals surface area contributed by atoms with Gasteiger partial charge in [0.25, 0.3) is 0 Å². The Kier molecular flexibility index (Phi) is 2.18. The minimum absolute atomic E-state index is 0.0701. The third-order valence-electron chi connectivity index (χ3n) is 3.34. The molecule has 1 fully saturated rings. The molecule has 0 bridgehead atoms. The van der Waals surface area contributed by atoms with E-state index in [1.807, 2.05) is 42.5 Å². The van der Waals surface area contributed by atoms with E-state index in [-0.39, 0.29) is 12.5 Å². The van der Waals surface area contributed by atoms with Gasteiger partial charge in [-0.2, -0.15) is 0 Å². The zero-order valence-electron chi connectivity index (χ0n) is 10.5. The number of hydrogen-bond donors (Lipinski definition) is 1. The molecule has 6 heteroatoms. The van der Waals surface area contributed by atoms with Gasteiger partial charge >= 0.3 is 115 Å². The number of carbonyl (C=O) groups is 1. The standard InChI is InChI=1S/C14H12NO4P/c16-14-10-15-20(19-14,11-6-2-1-3-7-11)17-12-8-4-5-9-13(12)18-20/h1-9,15H,10H2. The summed E-state index contributed by atoms with van der Waals surface area (Å²) >= 11 is 0. The Balaban J connectivity index is 1.93. The van der Waals surface area contributed by atoms with Gasteiger partial charge < -0.3 is 0 Å². The van der Waals surface area contributed by atoms with E-state index in [1.54, 1.807) is 12.1 Å². The minimum atomic E-state index is -3.85. The van der Waals surface area contributed by atoms with Crippen LogP contribution in [0.25, 0.3) is 0 Å². The van der Waals surface area contributed by atoms with Crippen LogP contribution in [0.3, 0.4) is 0 Å². The average Bonchev–Trinajstić information content (AvgIpc) is 2.99. The van der Waals surface area contributed by atoms with Crippen molar-refractivity contribution in [1.82, 2.24) is 5.09 Å². The van der Waals surface area contributed by atoms with Crippen molar-refractivity contribution in [2.24, 2.45) is 0 Å². The normalized spacial score (nSPS) is 23.0. The molecule has 4 rings (SSSR count). The van der Waals surface area contributed by atoms with Crippen molar-refractivity contribution in [2.45, 2.75) is 0 Å².